The zero-order valence-electron chi connectivity index (χ0n) is 12.6. The van der Waals surface area contributed by atoms with E-state index >= 15 is 0 Å². The summed E-state index contributed by atoms with van der Waals surface area (Å²) in [5, 5.41) is 13.1. The highest BCUT2D eigenvalue weighted by Gasteiger charge is 2.24. The van der Waals surface area contributed by atoms with E-state index in [1.807, 2.05) is 6.07 Å². The third-order valence-electron chi connectivity index (χ3n) is 3.02. The van der Waals surface area contributed by atoms with E-state index in [4.69, 9.17) is 4.74 Å². The fraction of sp³-hybridized carbons (Fsp3) is 0.125. The normalized spacial score (nSPS) is 11.4. The molecule has 24 heavy (non-hydrogen) atoms. The van der Waals surface area contributed by atoms with Crippen molar-refractivity contribution < 1.29 is 19.2 Å². The van der Waals surface area contributed by atoms with Crippen molar-refractivity contribution in [2.45, 2.75) is 13.2 Å². The Morgan fingerprint density at radius 1 is 1.17 bits per heavy atom. The van der Waals surface area contributed by atoms with Crippen molar-refractivity contribution in [2.24, 2.45) is 0 Å². The number of ketones is 1. The van der Waals surface area contributed by atoms with Gasteiger partial charge in [-0.1, -0.05) is 12.1 Å². The number of halogens is 1. The van der Waals surface area contributed by atoms with E-state index in [1.54, 1.807) is 18.2 Å². The predicted molar refractivity (Wildman–Crippen MR) is 94.8 cm³/mol. The minimum Gasteiger partial charge on any atom is -0.462 e. The molecule has 0 bridgehead atoms. The lowest BCUT2D eigenvalue weighted by molar-refractivity contribution is -0.384. The van der Waals surface area contributed by atoms with Gasteiger partial charge in [0, 0.05) is 24.6 Å². The number of ether oxygens (including phenoxy) is 1. The van der Waals surface area contributed by atoms with Gasteiger partial charge in [-0.15, -0.1) is 0 Å². The number of carbonyl (C=O) groups excluding carboxylic acids is 2. The molecule has 0 aliphatic rings. The molecule has 2 rings (SSSR count). The molecule has 124 valence electrons. The second-order valence-electron chi connectivity index (χ2n) is 4.80. The Hall–Kier alpha value is -2.49. The largest absolute Gasteiger partial charge is 0.462 e. The summed E-state index contributed by atoms with van der Waals surface area (Å²) in [6, 6.07) is 12.2. The van der Waals surface area contributed by atoms with Crippen LogP contribution in [0.1, 0.15) is 17.3 Å². The summed E-state index contributed by atoms with van der Waals surface area (Å²) in [5.41, 5.74) is 0.0754. The number of nitro benzene ring substituents is 1. The predicted octanol–water partition coefficient (Wildman–Crippen LogP) is 2.92. The number of rotatable bonds is 6. The van der Waals surface area contributed by atoms with Crippen molar-refractivity contribution in [1.82, 2.24) is 5.32 Å². The van der Waals surface area contributed by atoms with Crippen LogP contribution in [0.4, 0.5) is 5.69 Å². The SMILES string of the molecule is CC(=O)NC(Oc1ccccc1I)C(=O)c1ccc([N+](=O)[O-])cc1. The molecule has 0 spiro atoms. The smallest absolute Gasteiger partial charge is 0.269 e. The van der Waals surface area contributed by atoms with Gasteiger partial charge in [-0.2, -0.15) is 0 Å². The fourth-order valence-corrected chi connectivity index (χ4v) is 2.41. The lowest BCUT2D eigenvalue weighted by Crippen LogP contribution is -2.44. The third-order valence-corrected chi connectivity index (χ3v) is 3.91. The molecular formula is C16H13IN2O5. The Kier molecular flexibility index (Phi) is 5.85. The summed E-state index contributed by atoms with van der Waals surface area (Å²) < 4.78 is 6.41. The molecule has 0 aromatic heterocycles. The van der Waals surface area contributed by atoms with Gasteiger partial charge in [0.25, 0.3) is 5.69 Å². The first-order valence-electron chi connectivity index (χ1n) is 6.85. The molecule has 0 aliphatic carbocycles. The Morgan fingerprint density at radius 2 is 1.79 bits per heavy atom. The van der Waals surface area contributed by atoms with Crippen LogP contribution in [0.15, 0.2) is 48.5 Å². The van der Waals surface area contributed by atoms with Crippen molar-refractivity contribution in [1.29, 1.82) is 0 Å². The first-order valence-corrected chi connectivity index (χ1v) is 7.93. The van der Waals surface area contributed by atoms with E-state index in [0.717, 1.165) is 3.57 Å². The van der Waals surface area contributed by atoms with Crippen LogP contribution in [0.5, 0.6) is 5.75 Å². The number of amides is 1. The highest BCUT2D eigenvalue weighted by atomic mass is 127. The molecule has 1 unspecified atom stereocenters. The summed E-state index contributed by atoms with van der Waals surface area (Å²) in [6.45, 7) is 1.27. The Morgan fingerprint density at radius 3 is 2.33 bits per heavy atom. The first-order chi connectivity index (χ1) is 11.4. The highest BCUT2D eigenvalue weighted by Crippen LogP contribution is 2.22. The summed E-state index contributed by atoms with van der Waals surface area (Å²) >= 11 is 2.05. The molecule has 1 N–H and O–H groups in total. The van der Waals surface area contributed by atoms with Gasteiger partial charge in [-0.3, -0.25) is 19.7 Å². The average Bonchev–Trinajstić information content (AvgIpc) is 2.55. The van der Waals surface area contributed by atoms with Crippen LogP contribution in [0.3, 0.4) is 0 Å². The summed E-state index contributed by atoms with van der Waals surface area (Å²) in [5.74, 6) is -0.479. The van der Waals surface area contributed by atoms with E-state index in [1.165, 1.54) is 31.2 Å². The fourth-order valence-electron chi connectivity index (χ4n) is 1.90. The maximum Gasteiger partial charge on any atom is 0.269 e. The Labute approximate surface area is 151 Å². The van der Waals surface area contributed by atoms with Gasteiger partial charge in [-0.25, -0.2) is 0 Å². The zero-order valence-corrected chi connectivity index (χ0v) is 14.7. The van der Waals surface area contributed by atoms with Crippen LogP contribution in [0, 0.1) is 13.7 Å². The number of nitrogens with zero attached hydrogens (tertiary/aromatic N) is 1. The molecule has 0 radical (unpaired) electrons. The number of hydrogen-bond acceptors (Lipinski definition) is 5. The molecular weight excluding hydrogens is 427 g/mol. The molecule has 2 aromatic rings. The van der Waals surface area contributed by atoms with Gasteiger partial charge < -0.3 is 10.1 Å². The minimum absolute atomic E-state index is 0.124. The van der Waals surface area contributed by atoms with Gasteiger partial charge in [0.2, 0.25) is 17.9 Å². The van der Waals surface area contributed by atoms with Gasteiger partial charge in [-0.05, 0) is 46.9 Å². The van der Waals surface area contributed by atoms with Crippen LogP contribution >= 0.6 is 22.6 Å². The van der Waals surface area contributed by atoms with E-state index in [9.17, 15) is 19.7 Å². The summed E-state index contributed by atoms with van der Waals surface area (Å²) in [7, 11) is 0. The topological polar surface area (TPSA) is 98.5 Å². The van der Waals surface area contributed by atoms with E-state index < -0.39 is 22.8 Å². The van der Waals surface area contributed by atoms with E-state index in [-0.39, 0.29) is 11.3 Å². The van der Waals surface area contributed by atoms with Crippen molar-refractivity contribution >= 4 is 40.0 Å². The van der Waals surface area contributed by atoms with Crippen LogP contribution in [0.2, 0.25) is 0 Å². The van der Waals surface area contributed by atoms with Crippen molar-refractivity contribution in [2.75, 3.05) is 0 Å². The molecule has 0 aliphatic heterocycles. The molecule has 0 fully saturated rings. The number of nitro groups is 1. The molecule has 7 nitrogen and oxygen atoms in total. The lowest BCUT2D eigenvalue weighted by Gasteiger charge is -2.19. The second kappa shape index (κ2) is 7.86. The van der Waals surface area contributed by atoms with Crippen molar-refractivity contribution in [3.63, 3.8) is 0 Å². The molecule has 0 heterocycles. The zero-order chi connectivity index (χ0) is 17.7. The molecule has 0 saturated carbocycles. The van der Waals surface area contributed by atoms with Crippen LogP contribution < -0.4 is 10.1 Å². The molecule has 0 saturated heterocycles. The third kappa shape index (κ3) is 4.51. The van der Waals surface area contributed by atoms with Crippen molar-refractivity contribution in [3.8, 4) is 5.75 Å². The molecule has 1 atom stereocenters. The maximum absolute atomic E-state index is 12.6. The van der Waals surface area contributed by atoms with Crippen LogP contribution in [-0.2, 0) is 4.79 Å². The summed E-state index contributed by atoms with van der Waals surface area (Å²) in [4.78, 5) is 34.1. The number of Topliss-reactive ketones (excluding diaryl/α,β-unsaturated/α-hetero) is 1. The van der Waals surface area contributed by atoms with Crippen LogP contribution in [0.25, 0.3) is 0 Å². The monoisotopic (exact) mass is 440 g/mol. The molecule has 1 amide bonds. The summed E-state index contributed by atoms with van der Waals surface area (Å²) in [6.07, 6.45) is -1.22. The maximum atomic E-state index is 12.6. The molecule has 2 aromatic carbocycles. The van der Waals surface area contributed by atoms with Gasteiger partial charge in [0.15, 0.2) is 0 Å². The number of nitrogens with one attached hydrogen (secondary N) is 1. The number of carbonyl (C=O) groups is 2. The van der Waals surface area contributed by atoms with Gasteiger partial charge >= 0.3 is 0 Å². The second-order valence-corrected chi connectivity index (χ2v) is 5.96. The minimum atomic E-state index is -1.22. The average molecular weight is 440 g/mol. The Balaban J connectivity index is 2.26. The van der Waals surface area contributed by atoms with Gasteiger partial charge in [0.05, 0.1) is 8.49 Å². The van der Waals surface area contributed by atoms with Crippen LogP contribution in [-0.4, -0.2) is 22.8 Å². The number of hydrogen-bond donors (Lipinski definition) is 1. The van der Waals surface area contributed by atoms with Gasteiger partial charge in [0.1, 0.15) is 5.75 Å². The first kappa shape index (κ1) is 17.9. The number of benzene rings is 2. The van der Waals surface area contributed by atoms with Crippen molar-refractivity contribution in [3.05, 3.63) is 67.8 Å². The number of para-hydroxylation sites is 1. The quantitative estimate of drug-likeness (QED) is 0.245. The van der Waals surface area contributed by atoms with E-state index in [0.29, 0.717) is 5.75 Å². The van der Waals surface area contributed by atoms with E-state index in [2.05, 4.69) is 27.9 Å². The number of non-ortho nitro benzene ring substituents is 1. The highest BCUT2D eigenvalue weighted by molar-refractivity contribution is 14.1. The lowest BCUT2D eigenvalue weighted by atomic mass is 10.1. The molecule has 8 heteroatoms. The Bertz CT molecular complexity index is 776. The standard InChI is InChI=1S/C16H13IN2O5/c1-10(20)18-16(24-14-5-3-2-4-13(14)17)15(21)11-6-8-12(9-7-11)19(22)23/h2-9,16H,1H3,(H,18,20).